The van der Waals surface area contributed by atoms with Crippen molar-refractivity contribution in [1.29, 1.82) is 0 Å². The number of amides is 3. The number of aryl methyl sites for hydroxylation is 2. The van der Waals surface area contributed by atoms with Crippen molar-refractivity contribution in [3.8, 4) is 0 Å². The first-order valence-electron chi connectivity index (χ1n) is 18.2. The predicted molar refractivity (Wildman–Crippen MR) is 215 cm³/mol. The summed E-state index contributed by atoms with van der Waals surface area (Å²) in [7, 11) is 1.67. The molecule has 0 saturated carbocycles. The quantitative estimate of drug-likeness (QED) is 0.163. The molecule has 2 aliphatic heterocycles. The number of hydrogen-bond donors (Lipinski definition) is 2. The average molecular weight is 745 g/mol. The van der Waals surface area contributed by atoms with Gasteiger partial charge in [0, 0.05) is 59.7 Å². The van der Waals surface area contributed by atoms with Gasteiger partial charge < -0.3 is 10.6 Å². The van der Waals surface area contributed by atoms with Crippen molar-refractivity contribution in [2.75, 3.05) is 27.5 Å². The van der Waals surface area contributed by atoms with Crippen molar-refractivity contribution in [1.82, 2.24) is 15.0 Å². The fourth-order valence-corrected chi connectivity index (χ4v) is 7.00. The van der Waals surface area contributed by atoms with Crippen LogP contribution in [0.2, 0.25) is 0 Å². The summed E-state index contributed by atoms with van der Waals surface area (Å²) in [5, 5.41) is 6.13. The van der Waals surface area contributed by atoms with Crippen molar-refractivity contribution in [2.45, 2.75) is 39.3 Å². The molecule has 11 nitrogen and oxygen atoms in total. The third-order valence-corrected chi connectivity index (χ3v) is 9.94. The molecular weight excluding hydrogens is 708 g/mol. The number of carbonyl (C=O) groups excluding carboxylic acids is 3. The number of anilines is 5. The highest BCUT2D eigenvalue weighted by molar-refractivity contribution is 6.17. The van der Waals surface area contributed by atoms with Crippen LogP contribution in [-0.2, 0) is 24.2 Å². The van der Waals surface area contributed by atoms with E-state index in [1.165, 1.54) is 17.0 Å². The SMILES string of the molecule is Cc1ccc(Nc2ncc3c(n2)N(C)C(=O)N(c2cc(NC(=O)c4ccc5c(c4)CC(=O)[C@H](Cc4cccc(F)c4)N=C5c4ccccc4)ccc2C)C3)cn1. The Labute approximate surface area is 323 Å². The molecule has 56 heavy (non-hydrogen) atoms. The zero-order valence-electron chi connectivity index (χ0n) is 31.0. The van der Waals surface area contributed by atoms with Gasteiger partial charge in [0.2, 0.25) is 5.95 Å². The lowest BCUT2D eigenvalue weighted by atomic mass is 9.93. The summed E-state index contributed by atoms with van der Waals surface area (Å²) in [5.74, 6) is -0.0318. The number of aromatic nitrogens is 3. The third-order valence-electron chi connectivity index (χ3n) is 9.94. The van der Waals surface area contributed by atoms with Gasteiger partial charge >= 0.3 is 6.03 Å². The fraction of sp³-hybridized carbons (Fsp3) is 0.159. The molecular formula is C44H37FN8O3. The fourth-order valence-electron chi connectivity index (χ4n) is 7.00. The first kappa shape index (κ1) is 35.9. The van der Waals surface area contributed by atoms with Gasteiger partial charge in [-0.05, 0) is 79.1 Å². The summed E-state index contributed by atoms with van der Waals surface area (Å²) in [6.45, 7) is 4.04. The van der Waals surface area contributed by atoms with E-state index in [1.807, 2.05) is 68.4 Å². The van der Waals surface area contributed by atoms with Gasteiger partial charge in [-0.1, -0.05) is 54.6 Å². The van der Waals surface area contributed by atoms with Crippen LogP contribution in [0.1, 0.15) is 49.4 Å². The minimum absolute atomic E-state index is 0.0570. The molecule has 3 amide bonds. The lowest BCUT2D eigenvalue weighted by Gasteiger charge is -2.35. The molecule has 6 aromatic rings. The maximum absolute atomic E-state index is 14.0. The Bertz CT molecular complexity index is 2540. The highest BCUT2D eigenvalue weighted by Gasteiger charge is 2.32. The first-order valence-corrected chi connectivity index (χ1v) is 18.2. The maximum atomic E-state index is 14.0. The van der Waals surface area contributed by atoms with E-state index in [0.29, 0.717) is 45.5 Å². The number of rotatable bonds is 8. The van der Waals surface area contributed by atoms with Gasteiger partial charge in [0.05, 0.1) is 29.8 Å². The Hall–Kier alpha value is -7.08. The van der Waals surface area contributed by atoms with Gasteiger partial charge in [-0.15, -0.1) is 0 Å². The van der Waals surface area contributed by atoms with Crippen molar-refractivity contribution >= 4 is 52.3 Å². The molecule has 2 N–H and O–H groups in total. The van der Waals surface area contributed by atoms with Crippen molar-refractivity contribution in [2.24, 2.45) is 4.99 Å². The molecule has 4 aromatic carbocycles. The molecule has 278 valence electrons. The molecule has 12 heteroatoms. The summed E-state index contributed by atoms with van der Waals surface area (Å²) in [6.07, 6.45) is 3.70. The van der Waals surface area contributed by atoms with Gasteiger partial charge in [0.25, 0.3) is 5.91 Å². The lowest BCUT2D eigenvalue weighted by molar-refractivity contribution is -0.119. The number of nitrogens with one attached hydrogen (secondary N) is 2. The Morgan fingerprint density at radius 3 is 2.46 bits per heavy atom. The largest absolute Gasteiger partial charge is 0.330 e. The van der Waals surface area contributed by atoms with Crippen molar-refractivity contribution < 1.29 is 18.8 Å². The van der Waals surface area contributed by atoms with Crippen LogP contribution in [-0.4, -0.2) is 51.5 Å². The lowest BCUT2D eigenvalue weighted by Crippen LogP contribution is -2.46. The minimum atomic E-state index is -0.729. The summed E-state index contributed by atoms with van der Waals surface area (Å²) < 4.78 is 14.0. The van der Waals surface area contributed by atoms with E-state index in [2.05, 4.69) is 25.6 Å². The topological polar surface area (TPSA) is 133 Å². The van der Waals surface area contributed by atoms with E-state index in [-0.39, 0.29) is 42.9 Å². The molecule has 4 heterocycles. The van der Waals surface area contributed by atoms with Gasteiger partial charge in [-0.3, -0.25) is 29.4 Å². The summed E-state index contributed by atoms with van der Waals surface area (Å²) in [4.78, 5) is 62.8. The van der Waals surface area contributed by atoms with Crippen molar-refractivity contribution in [3.63, 3.8) is 0 Å². The van der Waals surface area contributed by atoms with Gasteiger partial charge in [-0.2, -0.15) is 4.98 Å². The number of hydrogen-bond acceptors (Lipinski definition) is 8. The van der Waals surface area contributed by atoms with E-state index in [4.69, 9.17) is 4.99 Å². The predicted octanol–water partition coefficient (Wildman–Crippen LogP) is 7.77. The van der Waals surface area contributed by atoms with E-state index in [0.717, 1.165) is 33.6 Å². The Kier molecular flexibility index (Phi) is 9.61. The molecule has 0 unspecified atom stereocenters. The van der Waals surface area contributed by atoms with Crippen LogP contribution >= 0.6 is 0 Å². The number of benzene rings is 4. The highest BCUT2D eigenvalue weighted by Crippen LogP contribution is 2.34. The zero-order valence-corrected chi connectivity index (χ0v) is 31.0. The second kappa shape index (κ2) is 15.0. The molecule has 8 rings (SSSR count). The van der Waals surface area contributed by atoms with E-state index in [1.54, 1.807) is 60.7 Å². The Morgan fingerprint density at radius 1 is 0.857 bits per heavy atom. The number of aliphatic imine (C=N–C) groups is 1. The number of nitrogens with zero attached hydrogens (tertiary/aromatic N) is 6. The summed E-state index contributed by atoms with van der Waals surface area (Å²) >= 11 is 0. The smallest absolute Gasteiger partial charge is 0.323 e. The van der Waals surface area contributed by atoms with Gasteiger partial charge in [0.15, 0.2) is 5.78 Å². The van der Waals surface area contributed by atoms with E-state index in [9.17, 15) is 18.8 Å². The number of fused-ring (bicyclic) bond motifs is 2. The molecule has 0 aliphatic carbocycles. The molecule has 0 bridgehead atoms. The molecule has 0 saturated heterocycles. The van der Waals surface area contributed by atoms with Gasteiger partial charge in [-0.25, -0.2) is 14.2 Å². The number of carbonyl (C=O) groups is 3. The second-order valence-electron chi connectivity index (χ2n) is 13.9. The summed E-state index contributed by atoms with van der Waals surface area (Å²) in [5.41, 5.74) is 8.27. The number of pyridine rings is 1. The average Bonchev–Trinajstić information content (AvgIpc) is 3.33. The van der Waals surface area contributed by atoms with Crippen molar-refractivity contribution in [3.05, 3.63) is 166 Å². The minimum Gasteiger partial charge on any atom is -0.323 e. The van der Waals surface area contributed by atoms with Crippen LogP contribution < -0.4 is 20.4 Å². The number of ketones is 1. The number of urea groups is 1. The maximum Gasteiger partial charge on any atom is 0.330 e. The molecule has 1 atom stereocenters. The molecule has 0 radical (unpaired) electrons. The van der Waals surface area contributed by atoms with Crippen LogP contribution in [0, 0.1) is 19.7 Å². The van der Waals surface area contributed by atoms with Crippen LogP contribution in [0.15, 0.2) is 121 Å². The second-order valence-corrected chi connectivity index (χ2v) is 13.9. The summed E-state index contributed by atoms with van der Waals surface area (Å²) in [6, 6.07) is 29.2. The van der Waals surface area contributed by atoms with Crippen LogP contribution in [0.4, 0.5) is 38.0 Å². The van der Waals surface area contributed by atoms with Crippen LogP contribution in [0.5, 0.6) is 0 Å². The van der Waals surface area contributed by atoms with Gasteiger partial charge in [0.1, 0.15) is 17.7 Å². The molecule has 2 aromatic heterocycles. The number of Topliss-reactive ketones (excluding diaryl/α,β-unsaturated/α-hetero) is 1. The highest BCUT2D eigenvalue weighted by atomic mass is 19.1. The first-order chi connectivity index (χ1) is 27.1. The molecule has 0 spiro atoms. The standard InChI is InChI=1S/C44H37FN8O3/c1-26-12-15-34(22-38(26)53-25-32-23-47-43(51-41(32)52(3)44(53)56)49-35-16-13-27(2)46-24-35)48-42(55)30-14-17-36-31(20-30)21-39(54)37(19-28-8-7-11-33(45)18-28)50-40(36)29-9-5-4-6-10-29/h4-18,20,22-24,37H,19,21,25H2,1-3H3,(H,48,55)(H,47,49,51)/t37-/m0/s1. The van der Waals surface area contributed by atoms with E-state index >= 15 is 0 Å². The Balaban J connectivity index is 1.03. The monoisotopic (exact) mass is 744 g/mol. The van der Waals surface area contributed by atoms with Crippen LogP contribution in [0.25, 0.3) is 0 Å². The molecule has 2 aliphatic rings. The normalized spacial score (nSPS) is 15.1. The third kappa shape index (κ3) is 7.36. The molecule has 0 fully saturated rings. The van der Waals surface area contributed by atoms with Crippen LogP contribution in [0.3, 0.4) is 0 Å². The Morgan fingerprint density at radius 2 is 1.68 bits per heavy atom. The number of halogens is 1. The van der Waals surface area contributed by atoms with E-state index < -0.39 is 6.04 Å². The zero-order chi connectivity index (χ0) is 38.9.